The van der Waals surface area contributed by atoms with E-state index in [1.54, 1.807) is 6.92 Å². The lowest BCUT2D eigenvalue weighted by Gasteiger charge is -2.30. The van der Waals surface area contributed by atoms with Crippen molar-refractivity contribution in [2.45, 2.75) is 31.5 Å². The molecule has 3 nitrogen and oxygen atoms in total. The van der Waals surface area contributed by atoms with E-state index < -0.39 is 23.3 Å². The van der Waals surface area contributed by atoms with E-state index in [2.05, 4.69) is 0 Å². The maximum absolute atomic E-state index is 13.8. The second-order valence-electron chi connectivity index (χ2n) is 4.67. The van der Waals surface area contributed by atoms with E-state index in [1.165, 1.54) is 7.11 Å². The zero-order valence-electron chi connectivity index (χ0n) is 10.4. The fourth-order valence-electron chi connectivity index (χ4n) is 2.26. The third-order valence-electron chi connectivity index (χ3n) is 3.39. The van der Waals surface area contributed by atoms with Gasteiger partial charge in [-0.1, -0.05) is 0 Å². The molecule has 2 rings (SSSR count). The van der Waals surface area contributed by atoms with Gasteiger partial charge in [-0.05, 0) is 19.8 Å². The van der Waals surface area contributed by atoms with Gasteiger partial charge in [0, 0.05) is 18.7 Å². The predicted molar refractivity (Wildman–Crippen MR) is 61.5 cm³/mol. The Kier molecular flexibility index (Phi) is 3.54. The van der Waals surface area contributed by atoms with E-state index in [-0.39, 0.29) is 11.3 Å². The number of ether oxygens (including phenoxy) is 2. The molecule has 0 bridgehead atoms. The van der Waals surface area contributed by atoms with Gasteiger partial charge in [0.15, 0.2) is 0 Å². The smallest absolute Gasteiger partial charge is 0.135 e. The van der Waals surface area contributed by atoms with Crippen molar-refractivity contribution >= 4 is 0 Å². The molecule has 0 radical (unpaired) electrons. The normalized spacial score (nSPS) is 25.2. The summed E-state index contributed by atoms with van der Waals surface area (Å²) in [6.07, 6.45) is 0.0114. The Labute approximate surface area is 104 Å². The van der Waals surface area contributed by atoms with Crippen LogP contribution >= 0.6 is 0 Å². The van der Waals surface area contributed by atoms with Crippen LogP contribution in [0.3, 0.4) is 0 Å². The first-order valence-corrected chi connectivity index (χ1v) is 5.83. The number of halogens is 2. The fourth-order valence-corrected chi connectivity index (χ4v) is 2.26. The van der Waals surface area contributed by atoms with Gasteiger partial charge in [0.05, 0.1) is 18.3 Å². The summed E-state index contributed by atoms with van der Waals surface area (Å²) in [6, 6.07) is 2.11. The Bertz CT molecular complexity index is 419. The highest BCUT2D eigenvalue weighted by atomic mass is 19.1. The highest BCUT2D eigenvalue weighted by Crippen LogP contribution is 2.39. The van der Waals surface area contributed by atoms with Gasteiger partial charge >= 0.3 is 0 Å². The van der Waals surface area contributed by atoms with Gasteiger partial charge in [-0.2, -0.15) is 0 Å². The number of aliphatic hydroxyl groups is 1. The van der Waals surface area contributed by atoms with Gasteiger partial charge in [-0.25, -0.2) is 8.78 Å². The maximum Gasteiger partial charge on any atom is 0.135 e. The van der Waals surface area contributed by atoms with Crippen molar-refractivity contribution in [3.63, 3.8) is 0 Å². The minimum atomic E-state index is -1.33. The first kappa shape index (κ1) is 13.2. The van der Waals surface area contributed by atoms with E-state index in [0.29, 0.717) is 13.0 Å². The molecule has 0 aromatic heterocycles. The minimum absolute atomic E-state index is 0.0819. The maximum atomic E-state index is 13.8. The molecule has 1 aliphatic rings. The van der Waals surface area contributed by atoms with Crippen LogP contribution in [-0.2, 0) is 4.74 Å². The molecule has 1 aromatic rings. The summed E-state index contributed by atoms with van der Waals surface area (Å²) >= 11 is 0. The van der Waals surface area contributed by atoms with Gasteiger partial charge in [0.2, 0.25) is 0 Å². The van der Waals surface area contributed by atoms with Crippen LogP contribution < -0.4 is 4.74 Å². The van der Waals surface area contributed by atoms with Crippen molar-refractivity contribution < 1.29 is 23.4 Å². The second kappa shape index (κ2) is 4.82. The van der Waals surface area contributed by atoms with Gasteiger partial charge in [-0.15, -0.1) is 0 Å². The SMILES string of the molecule is COc1cc(F)c(C(O)C2(C)CCCO2)c(F)c1. The van der Waals surface area contributed by atoms with Crippen molar-refractivity contribution in [3.8, 4) is 5.75 Å². The highest BCUT2D eigenvalue weighted by molar-refractivity contribution is 5.33. The zero-order chi connectivity index (χ0) is 13.3. The molecule has 0 saturated carbocycles. The van der Waals surface area contributed by atoms with Crippen molar-refractivity contribution in [3.05, 3.63) is 29.3 Å². The van der Waals surface area contributed by atoms with E-state index in [0.717, 1.165) is 18.6 Å². The molecule has 1 N–H and O–H groups in total. The summed E-state index contributed by atoms with van der Waals surface area (Å²) in [5, 5.41) is 10.2. The van der Waals surface area contributed by atoms with Gasteiger partial charge in [0.1, 0.15) is 23.5 Å². The number of hydrogen-bond donors (Lipinski definition) is 1. The molecule has 1 saturated heterocycles. The van der Waals surface area contributed by atoms with Crippen molar-refractivity contribution in [1.82, 2.24) is 0 Å². The monoisotopic (exact) mass is 258 g/mol. The molecule has 0 aliphatic carbocycles. The molecule has 1 aliphatic heterocycles. The number of aliphatic hydroxyl groups excluding tert-OH is 1. The van der Waals surface area contributed by atoms with E-state index in [1.807, 2.05) is 0 Å². The van der Waals surface area contributed by atoms with E-state index in [4.69, 9.17) is 9.47 Å². The molecule has 2 atom stereocenters. The number of rotatable bonds is 3. The van der Waals surface area contributed by atoms with Crippen LogP contribution in [0.2, 0.25) is 0 Å². The highest BCUT2D eigenvalue weighted by Gasteiger charge is 2.41. The third-order valence-corrected chi connectivity index (χ3v) is 3.39. The van der Waals surface area contributed by atoms with Gasteiger partial charge in [0.25, 0.3) is 0 Å². The van der Waals surface area contributed by atoms with Crippen LogP contribution in [0.1, 0.15) is 31.4 Å². The average Bonchev–Trinajstić information content (AvgIpc) is 2.76. The summed E-state index contributed by atoms with van der Waals surface area (Å²) in [4.78, 5) is 0. The summed E-state index contributed by atoms with van der Waals surface area (Å²) in [6.45, 7) is 2.15. The fraction of sp³-hybridized carbons (Fsp3) is 0.538. The molecule has 100 valence electrons. The average molecular weight is 258 g/mol. The Morgan fingerprint density at radius 3 is 2.44 bits per heavy atom. The number of hydrogen-bond acceptors (Lipinski definition) is 3. The van der Waals surface area contributed by atoms with E-state index >= 15 is 0 Å². The lowest BCUT2D eigenvalue weighted by molar-refractivity contribution is -0.0822. The first-order chi connectivity index (χ1) is 8.48. The van der Waals surface area contributed by atoms with E-state index in [9.17, 15) is 13.9 Å². The first-order valence-electron chi connectivity index (χ1n) is 5.83. The predicted octanol–water partition coefficient (Wildman–Crippen LogP) is 2.58. The third kappa shape index (κ3) is 2.20. The van der Waals surface area contributed by atoms with Crippen LogP contribution in [0, 0.1) is 11.6 Å². The summed E-state index contributed by atoms with van der Waals surface area (Å²) < 4.78 is 37.8. The molecule has 2 unspecified atom stereocenters. The van der Waals surface area contributed by atoms with Gasteiger partial charge in [-0.3, -0.25) is 0 Å². The van der Waals surface area contributed by atoms with Crippen LogP contribution in [0.25, 0.3) is 0 Å². The summed E-state index contributed by atoms with van der Waals surface area (Å²) in [7, 11) is 1.33. The Morgan fingerprint density at radius 1 is 1.39 bits per heavy atom. The van der Waals surface area contributed by atoms with Gasteiger partial charge < -0.3 is 14.6 Å². The lowest BCUT2D eigenvalue weighted by Crippen LogP contribution is -2.33. The van der Waals surface area contributed by atoms with Crippen molar-refractivity contribution in [1.29, 1.82) is 0 Å². The summed E-state index contributed by atoms with van der Waals surface area (Å²) in [5.41, 5.74) is -1.30. The standard InChI is InChI=1S/C13H16F2O3/c1-13(4-3-5-18-13)12(16)11-9(14)6-8(17-2)7-10(11)15/h6-7,12,16H,3-5H2,1-2H3. The van der Waals surface area contributed by atoms with Crippen LogP contribution in [0.15, 0.2) is 12.1 Å². The lowest BCUT2D eigenvalue weighted by atomic mass is 9.89. The quantitative estimate of drug-likeness (QED) is 0.905. The zero-order valence-corrected chi connectivity index (χ0v) is 10.4. The second-order valence-corrected chi connectivity index (χ2v) is 4.67. The van der Waals surface area contributed by atoms with Crippen LogP contribution in [0.5, 0.6) is 5.75 Å². The molecule has 0 spiro atoms. The molecule has 0 amide bonds. The minimum Gasteiger partial charge on any atom is -0.497 e. The molecular weight excluding hydrogens is 242 g/mol. The van der Waals surface area contributed by atoms with Crippen molar-refractivity contribution in [2.75, 3.05) is 13.7 Å². The molecule has 5 heteroatoms. The molecular formula is C13H16F2O3. The molecule has 18 heavy (non-hydrogen) atoms. The molecule has 1 heterocycles. The molecule has 1 fully saturated rings. The Hall–Kier alpha value is -1.20. The van der Waals surface area contributed by atoms with Crippen molar-refractivity contribution in [2.24, 2.45) is 0 Å². The summed E-state index contributed by atoms with van der Waals surface area (Å²) in [5.74, 6) is -1.56. The Morgan fingerprint density at radius 2 is 2.00 bits per heavy atom. The van der Waals surface area contributed by atoms with Crippen LogP contribution in [0.4, 0.5) is 8.78 Å². The topological polar surface area (TPSA) is 38.7 Å². The molecule has 1 aromatic carbocycles. The number of benzene rings is 1. The Balaban J connectivity index is 2.38. The largest absolute Gasteiger partial charge is 0.497 e. The van der Waals surface area contributed by atoms with Crippen LogP contribution in [-0.4, -0.2) is 24.4 Å². The number of methoxy groups -OCH3 is 1.